The maximum absolute atomic E-state index is 5.74. The summed E-state index contributed by atoms with van der Waals surface area (Å²) in [5.41, 5.74) is 2.70. The first-order valence-corrected chi connectivity index (χ1v) is 8.43. The van der Waals surface area contributed by atoms with Gasteiger partial charge >= 0.3 is 0 Å². The third kappa shape index (κ3) is 3.17. The number of fused-ring (bicyclic) bond motifs is 1. The zero-order valence-electron chi connectivity index (χ0n) is 13.3. The van der Waals surface area contributed by atoms with Crippen molar-refractivity contribution in [2.45, 2.75) is 25.3 Å². The molecule has 120 valence electrons. The van der Waals surface area contributed by atoms with E-state index in [1.165, 1.54) is 30.5 Å². The number of ether oxygens (including phenoxy) is 2. The molecule has 4 nitrogen and oxygen atoms in total. The number of nitrogens with zero attached hydrogens (tertiary/aromatic N) is 2. The average molecular weight is 310 g/mol. The van der Waals surface area contributed by atoms with Crippen LogP contribution >= 0.6 is 0 Å². The largest absolute Gasteiger partial charge is 0.486 e. The number of hydrogen-bond acceptors (Lipinski definition) is 4. The van der Waals surface area contributed by atoms with Gasteiger partial charge in [0, 0.05) is 25.0 Å². The molecule has 0 amide bonds. The van der Waals surface area contributed by atoms with Gasteiger partial charge in [0.1, 0.15) is 13.2 Å². The molecule has 0 bridgehead atoms. The summed E-state index contributed by atoms with van der Waals surface area (Å²) >= 11 is 0. The maximum Gasteiger partial charge on any atom is 0.161 e. The van der Waals surface area contributed by atoms with Crippen molar-refractivity contribution in [2.24, 2.45) is 0 Å². The first kappa shape index (κ1) is 14.5. The lowest BCUT2D eigenvalue weighted by molar-refractivity contribution is 0.170. The number of aromatic nitrogens is 1. The van der Waals surface area contributed by atoms with Gasteiger partial charge in [0.25, 0.3) is 0 Å². The van der Waals surface area contributed by atoms with Crippen molar-refractivity contribution in [1.29, 1.82) is 0 Å². The summed E-state index contributed by atoms with van der Waals surface area (Å²) in [7, 11) is 0. The quantitative estimate of drug-likeness (QED) is 0.868. The highest BCUT2D eigenvalue weighted by Gasteiger charge is 2.26. The van der Waals surface area contributed by atoms with Crippen LogP contribution in [0, 0.1) is 0 Å². The summed E-state index contributed by atoms with van der Waals surface area (Å²) in [6.45, 7) is 3.55. The van der Waals surface area contributed by atoms with Crippen LogP contribution in [-0.4, -0.2) is 36.2 Å². The Labute approximate surface area is 137 Å². The van der Waals surface area contributed by atoms with Crippen LogP contribution in [0.25, 0.3) is 0 Å². The fourth-order valence-electron chi connectivity index (χ4n) is 3.56. The second kappa shape index (κ2) is 6.59. The van der Waals surface area contributed by atoms with Crippen LogP contribution in [0.3, 0.4) is 0 Å². The van der Waals surface area contributed by atoms with E-state index in [-0.39, 0.29) is 0 Å². The Morgan fingerprint density at radius 3 is 2.74 bits per heavy atom. The molecule has 1 atom stereocenters. The zero-order chi connectivity index (χ0) is 15.5. The van der Waals surface area contributed by atoms with E-state index >= 15 is 0 Å². The van der Waals surface area contributed by atoms with Gasteiger partial charge in [0.15, 0.2) is 11.5 Å². The van der Waals surface area contributed by atoms with Crippen LogP contribution in [0.15, 0.2) is 42.7 Å². The Hall–Kier alpha value is -2.07. The van der Waals surface area contributed by atoms with Gasteiger partial charge < -0.3 is 9.47 Å². The second-order valence-corrected chi connectivity index (χ2v) is 6.20. The summed E-state index contributed by atoms with van der Waals surface area (Å²) in [5.74, 6) is 1.77. The molecular formula is C19H22N2O2. The molecule has 0 spiro atoms. The van der Waals surface area contributed by atoms with E-state index in [9.17, 15) is 0 Å². The van der Waals surface area contributed by atoms with Gasteiger partial charge in [-0.15, -0.1) is 0 Å². The first-order chi connectivity index (χ1) is 11.4. The van der Waals surface area contributed by atoms with Crippen LogP contribution in [0.2, 0.25) is 0 Å². The molecular weight excluding hydrogens is 288 g/mol. The molecule has 0 radical (unpaired) electrons. The Kier molecular flexibility index (Phi) is 4.16. The normalized spacial score (nSPS) is 20.6. The molecule has 4 heteroatoms. The van der Waals surface area contributed by atoms with Gasteiger partial charge in [-0.2, -0.15) is 0 Å². The van der Waals surface area contributed by atoms with Crippen LogP contribution in [0.5, 0.6) is 11.5 Å². The molecule has 0 N–H and O–H groups in total. The Bertz CT molecular complexity index is 660. The molecule has 4 rings (SSSR count). The minimum absolute atomic E-state index is 0.493. The maximum atomic E-state index is 5.74. The summed E-state index contributed by atoms with van der Waals surface area (Å²) in [5, 5.41) is 0. The highest BCUT2D eigenvalue weighted by Crippen LogP contribution is 2.37. The SMILES string of the molecule is c1cc(CCN2CCCC2c2ccc3c(c2)OCCO3)ccn1. The van der Waals surface area contributed by atoms with Gasteiger partial charge in [-0.05, 0) is 61.2 Å². The van der Waals surface area contributed by atoms with Crippen molar-refractivity contribution in [2.75, 3.05) is 26.3 Å². The monoisotopic (exact) mass is 310 g/mol. The second-order valence-electron chi connectivity index (χ2n) is 6.20. The van der Waals surface area contributed by atoms with Gasteiger partial charge in [0.2, 0.25) is 0 Å². The lowest BCUT2D eigenvalue weighted by atomic mass is 10.0. The summed E-state index contributed by atoms with van der Waals surface area (Å²) in [4.78, 5) is 6.68. The number of pyridine rings is 1. The van der Waals surface area contributed by atoms with Crippen LogP contribution in [0.1, 0.15) is 30.0 Å². The Balaban J connectivity index is 1.47. The molecule has 2 aliphatic rings. The minimum atomic E-state index is 0.493. The lowest BCUT2D eigenvalue weighted by Crippen LogP contribution is -2.26. The molecule has 2 aromatic rings. The Morgan fingerprint density at radius 2 is 1.87 bits per heavy atom. The first-order valence-electron chi connectivity index (χ1n) is 8.43. The smallest absolute Gasteiger partial charge is 0.161 e. The summed E-state index contributed by atoms with van der Waals surface area (Å²) in [6, 6.07) is 11.1. The van der Waals surface area contributed by atoms with Crippen molar-refractivity contribution in [1.82, 2.24) is 9.88 Å². The van der Waals surface area contributed by atoms with E-state index < -0.39 is 0 Å². The van der Waals surface area contributed by atoms with E-state index in [1.807, 2.05) is 12.4 Å². The Morgan fingerprint density at radius 1 is 1.04 bits per heavy atom. The molecule has 1 aromatic heterocycles. The van der Waals surface area contributed by atoms with Gasteiger partial charge in [-0.1, -0.05) is 6.07 Å². The summed E-state index contributed by atoms with van der Waals surface area (Å²) in [6.07, 6.45) is 7.30. The zero-order valence-corrected chi connectivity index (χ0v) is 13.3. The fourth-order valence-corrected chi connectivity index (χ4v) is 3.56. The molecule has 2 aliphatic heterocycles. The number of rotatable bonds is 4. The van der Waals surface area contributed by atoms with Crippen LogP contribution < -0.4 is 9.47 Å². The van der Waals surface area contributed by atoms with E-state index in [1.54, 1.807) is 0 Å². The van der Waals surface area contributed by atoms with Gasteiger partial charge in [-0.3, -0.25) is 9.88 Å². The fraction of sp³-hybridized carbons (Fsp3) is 0.421. The highest BCUT2D eigenvalue weighted by atomic mass is 16.6. The minimum Gasteiger partial charge on any atom is -0.486 e. The van der Waals surface area contributed by atoms with Gasteiger partial charge in [0.05, 0.1) is 0 Å². The van der Waals surface area contributed by atoms with E-state index in [0.29, 0.717) is 19.3 Å². The molecule has 1 aromatic carbocycles. The topological polar surface area (TPSA) is 34.6 Å². The highest BCUT2D eigenvalue weighted by molar-refractivity contribution is 5.44. The molecule has 0 aliphatic carbocycles. The molecule has 23 heavy (non-hydrogen) atoms. The van der Waals surface area contributed by atoms with Gasteiger partial charge in [-0.25, -0.2) is 0 Å². The third-order valence-corrected chi connectivity index (χ3v) is 4.75. The van der Waals surface area contributed by atoms with Crippen LogP contribution in [-0.2, 0) is 6.42 Å². The molecule has 3 heterocycles. The molecule has 1 fully saturated rings. The van der Waals surface area contributed by atoms with Crippen molar-refractivity contribution >= 4 is 0 Å². The molecule has 0 saturated carbocycles. The van der Waals surface area contributed by atoms with Crippen molar-refractivity contribution < 1.29 is 9.47 Å². The lowest BCUT2D eigenvalue weighted by Gasteiger charge is -2.26. The number of likely N-dealkylation sites (tertiary alicyclic amines) is 1. The molecule has 1 saturated heterocycles. The summed E-state index contributed by atoms with van der Waals surface area (Å²) < 4.78 is 11.4. The standard InChI is InChI=1S/C19H22N2O2/c1-2-17(16-3-4-18-19(14-16)23-13-12-22-18)21(10-1)11-7-15-5-8-20-9-6-15/h3-6,8-9,14,17H,1-2,7,10-13H2. The van der Waals surface area contributed by atoms with Crippen molar-refractivity contribution in [3.8, 4) is 11.5 Å². The number of benzene rings is 1. The predicted molar refractivity (Wildman–Crippen MR) is 88.9 cm³/mol. The predicted octanol–water partition coefficient (Wildman–Crippen LogP) is 3.23. The molecule has 1 unspecified atom stereocenters. The van der Waals surface area contributed by atoms with Crippen molar-refractivity contribution in [3.05, 3.63) is 53.9 Å². The van der Waals surface area contributed by atoms with Crippen LogP contribution in [0.4, 0.5) is 0 Å². The number of hydrogen-bond donors (Lipinski definition) is 0. The average Bonchev–Trinajstić information content (AvgIpc) is 3.09. The van der Waals surface area contributed by atoms with E-state index in [4.69, 9.17) is 9.47 Å². The van der Waals surface area contributed by atoms with E-state index in [0.717, 1.165) is 24.5 Å². The van der Waals surface area contributed by atoms with Crippen molar-refractivity contribution in [3.63, 3.8) is 0 Å². The third-order valence-electron chi connectivity index (χ3n) is 4.75. The van der Waals surface area contributed by atoms with E-state index in [2.05, 4.69) is 40.2 Å².